The Bertz CT molecular complexity index is 708. The Labute approximate surface area is 191 Å². The van der Waals surface area contributed by atoms with Gasteiger partial charge in [-0.25, -0.2) is 0 Å². The topological polar surface area (TPSA) is 72.5 Å². The fraction of sp³-hybridized carbons (Fsp3) is 0.800. The molecule has 3 fully saturated rings. The minimum Gasteiger partial charge on any atom is -0.469 e. The van der Waals surface area contributed by atoms with E-state index in [9.17, 15) is 4.79 Å². The van der Waals surface area contributed by atoms with Crippen LogP contribution in [0.3, 0.4) is 0 Å². The van der Waals surface area contributed by atoms with Crippen molar-refractivity contribution in [3.63, 3.8) is 0 Å². The summed E-state index contributed by atoms with van der Waals surface area (Å²) in [7, 11) is 6.46. The maximum absolute atomic E-state index is 12.4. The molecule has 0 unspecified atom stereocenters. The lowest BCUT2D eigenvalue weighted by Gasteiger charge is -2.44. The minimum absolute atomic E-state index is 0.0687. The average molecular weight is 451 g/mol. The Kier molecular flexibility index (Phi) is 7.42. The van der Waals surface area contributed by atoms with Gasteiger partial charge < -0.3 is 28.4 Å². The second-order valence-corrected chi connectivity index (χ2v) is 9.67. The summed E-state index contributed by atoms with van der Waals surface area (Å²) in [4.78, 5) is 12.4. The van der Waals surface area contributed by atoms with Gasteiger partial charge in [0.1, 0.15) is 18.3 Å². The molecular weight excluding hydrogens is 412 g/mol. The molecule has 0 spiro atoms. The van der Waals surface area contributed by atoms with E-state index in [0.717, 1.165) is 19.3 Å². The third kappa shape index (κ3) is 4.07. The van der Waals surface area contributed by atoms with Gasteiger partial charge in [-0.15, -0.1) is 6.58 Å². The van der Waals surface area contributed by atoms with Crippen molar-refractivity contribution in [2.45, 2.75) is 63.0 Å². The number of esters is 1. The van der Waals surface area contributed by atoms with Crippen LogP contribution in [0, 0.1) is 35.5 Å². The van der Waals surface area contributed by atoms with E-state index < -0.39 is 6.29 Å². The molecule has 12 atom stereocenters. The molecule has 7 nitrogen and oxygen atoms in total. The van der Waals surface area contributed by atoms with Crippen molar-refractivity contribution in [2.24, 2.45) is 35.5 Å². The first-order chi connectivity index (χ1) is 15.5. The Balaban J connectivity index is 1.45. The van der Waals surface area contributed by atoms with Crippen LogP contribution in [-0.4, -0.2) is 71.2 Å². The maximum Gasteiger partial charge on any atom is 0.309 e. The van der Waals surface area contributed by atoms with E-state index in [1.807, 2.05) is 13.0 Å². The predicted molar refractivity (Wildman–Crippen MR) is 118 cm³/mol. The van der Waals surface area contributed by atoms with Crippen LogP contribution in [0.4, 0.5) is 0 Å². The Morgan fingerprint density at radius 1 is 0.969 bits per heavy atom. The molecule has 1 aliphatic heterocycles. The summed E-state index contributed by atoms with van der Waals surface area (Å²) < 4.78 is 34.8. The number of hydrogen-bond donors (Lipinski definition) is 0. The molecule has 32 heavy (non-hydrogen) atoms. The van der Waals surface area contributed by atoms with Crippen molar-refractivity contribution in [3.05, 3.63) is 24.8 Å². The van der Waals surface area contributed by atoms with Crippen molar-refractivity contribution in [2.75, 3.05) is 28.4 Å². The second kappa shape index (κ2) is 9.94. The number of fused-ring (bicyclic) bond motifs is 3. The summed E-state index contributed by atoms with van der Waals surface area (Å²) >= 11 is 0. The molecule has 0 aromatic heterocycles. The van der Waals surface area contributed by atoms with Crippen LogP contribution in [0.2, 0.25) is 0 Å². The number of methoxy groups -OCH3 is 4. The zero-order valence-corrected chi connectivity index (χ0v) is 19.8. The van der Waals surface area contributed by atoms with Crippen molar-refractivity contribution in [1.29, 1.82) is 0 Å². The first-order valence-electron chi connectivity index (χ1n) is 11.7. The average Bonchev–Trinajstić information content (AvgIpc) is 3.38. The fourth-order valence-corrected chi connectivity index (χ4v) is 6.88. The quantitative estimate of drug-likeness (QED) is 0.436. The molecule has 0 N–H and O–H groups in total. The third-order valence-electron chi connectivity index (χ3n) is 8.33. The van der Waals surface area contributed by atoms with E-state index in [4.69, 9.17) is 28.4 Å². The first-order valence-corrected chi connectivity index (χ1v) is 11.7. The van der Waals surface area contributed by atoms with Crippen LogP contribution in [0.1, 0.15) is 26.2 Å². The summed E-state index contributed by atoms with van der Waals surface area (Å²) in [6.07, 6.45) is 7.87. The Morgan fingerprint density at radius 3 is 2.31 bits per heavy atom. The van der Waals surface area contributed by atoms with Gasteiger partial charge in [-0.2, -0.15) is 0 Å². The first kappa shape index (κ1) is 23.9. The molecule has 2 saturated carbocycles. The molecule has 0 bridgehead atoms. The number of allylic oxidation sites excluding steroid dienone is 3. The van der Waals surface area contributed by atoms with Gasteiger partial charge in [0.15, 0.2) is 6.29 Å². The number of carbonyl (C=O) groups excluding carboxylic acids is 1. The zero-order valence-electron chi connectivity index (χ0n) is 19.8. The molecular formula is C25H38O7. The Hall–Kier alpha value is -1.25. The molecule has 0 amide bonds. The second-order valence-electron chi connectivity index (χ2n) is 9.67. The minimum atomic E-state index is -0.511. The highest BCUT2D eigenvalue weighted by atomic mass is 16.7. The van der Waals surface area contributed by atoms with E-state index in [0.29, 0.717) is 23.7 Å². The van der Waals surface area contributed by atoms with Gasteiger partial charge in [0.05, 0.1) is 25.2 Å². The molecule has 4 aliphatic rings. The summed E-state index contributed by atoms with van der Waals surface area (Å²) in [6.45, 7) is 5.99. The molecule has 7 heteroatoms. The molecule has 3 aliphatic carbocycles. The summed E-state index contributed by atoms with van der Waals surface area (Å²) in [5, 5.41) is 0. The predicted octanol–water partition coefficient (Wildman–Crippen LogP) is 2.98. The van der Waals surface area contributed by atoms with Gasteiger partial charge in [-0.3, -0.25) is 4.79 Å². The van der Waals surface area contributed by atoms with E-state index in [-0.39, 0.29) is 48.3 Å². The summed E-state index contributed by atoms with van der Waals surface area (Å²) in [5.41, 5.74) is 0. The normalized spacial score (nSPS) is 47.7. The Morgan fingerprint density at radius 2 is 1.69 bits per heavy atom. The van der Waals surface area contributed by atoms with Gasteiger partial charge in [0.2, 0.25) is 0 Å². The molecule has 0 radical (unpaired) electrons. The van der Waals surface area contributed by atoms with Crippen LogP contribution in [0.25, 0.3) is 0 Å². The lowest BCUT2D eigenvalue weighted by Crippen LogP contribution is -2.59. The number of hydrogen-bond acceptors (Lipinski definition) is 7. The van der Waals surface area contributed by atoms with E-state index in [2.05, 4.69) is 18.7 Å². The van der Waals surface area contributed by atoms with Gasteiger partial charge in [-0.05, 0) is 55.8 Å². The van der Waals surface area contributed by atoms with Crippen molar-refractivity contribution in [3.8, 4) is 0 Å². The van der Waals surface area contributed by atoms with Crippen LogP contribution < -0.4 is 0 Å². The van der Waals surface area contributed by atoms with Crippen molar-refractivity contribution in [1.82, 2.24) is 0 Å². The van der Waals surface area contributed by atoms with E-state index in [1.165, 1.54) is 7.11 Å². The lowest BCUT2D eigenvalue weighted by atomic mass is 9.72. The molecule has 1 saturated heterocycles. The molecule has 0 aromatic rings. The summed E-state index contributed by atoms with van der Waals surface area (Å²) in [6, 6.07) is 0. The van der Waals surface area contributed by atoms with Crippen LogP contribution in [0.5, 0.6) is 0 Å². The molecule has 1 heterocycles. The van der Waals surface area contributed by atoms with E-state index >= 15 is 0 Å². The monoisotopic (exact) mass is 450 g/mol. The molecule has 180 valence electrons. The van der Waals surface area contributed by atoms with E-state index in [1.54, 1.807) is 21.3 Å². The number of rotatable bonds is 7. The maximum atomic E-state index is 12.4. The summed E-state index contributed by atoms with van der Waals surface area (Å²) in [5.74, 6) is 1.64. The highest BCUT2D eigenvalue weighted by Gasteiger charge is 2.53. The highest BCUT2D eigenvalue weighted by molar-refractivity contribution is 5.73. The van der Waals surface area contributed by atoms with Crippen molar-refractivity contribution < 1.29 is 33.2 Å². The van der Waals surface area contributed by atoms with Crippen molar-refractivity contribution >= 4 is 5.97 Å². The molecule has 4 rings (SSSR count). The SMILES string of the molecule is C=C[C@H]1[C@@H]2C=C[C@@H]3C[C@@H](O[C@@H]4O[C@@H](C)[C@H](OC)[C@@H](OC)[C@H]4OC)C[C@H]3[C@@H]2C[C@H]1C(=O)OC. The van der Waals surface area contributed by atoms with Gasteiger partial charge in [0.25, 0.3) is 0 Å². The molecule has 0 aromatic carbocycles. The zero-order chi connectivity index (χ0) is 23.0. The van der Waals surface area contributed by atoms with Crippen LogP contribution in [0.15, 0.2) is 24.8 Å². The number of carbonyl (C=O) groups is 1. The largest absolute Gasteiger partial charge is 0.469 e. The smallest absolute Gasteiger partial charge is 0.309 e. The fourth-order valence-electron chi connectivity index (χ4n) is 6.88. The van der Waals surface area contributed by atoms with Crippen LogP contribution >= 0.6 is 0 Å². The van der Waals surface area contributed by atoms with Gasteiger partial charge in [0, 0.05) is 21.3 Å². The third-order valence-corrected chi connectivity index (χ3v) is 8.33. The van der Waals surface area contributed by atoms with Gasteiger partial charge in [-0.1, -0.05) is 18.2 Å². The number of ether oxygens (including phenoxy) is 6. The highest BCUT2D eigenvalue weighted by Crippen LogP contribution is 2.55. The standard InChI is InChI=1S/C25H38O7/c1-7-16-17-9-8-14-10-15(11-18(14)19(17)12-20(16)24(26)30-6)32-25-23(29-5)22(28-4)21(27-3)13(2)31-25/h7-9,13-23,25H,1,10-12H2,2-6H3/t13-,14+,15+,16-,17-,18+,19+,20+,21-,22+,23+,25-/m0/s1. The van der Waals surface area contributed by atoms with Crippen LogP contribution in [-0.2, 0) is 33.2 Å². The van der Waals surface area contributed by atoms with Gasteiger partial charge >= 0.3 is 5.97 Å². The lowest BCUT2D eigenvalue weighted by molar-refractivity contribution is -0.314.